The Labute approximate surface area is 184 Å². The minimum absolute atomic E-state index is 0.0939. The van der Waals surface area contributed by atoms with E-state index in [0.29, 0.717) is 24.0 Å². The monoisotopic (exact) mass is 423 g/mol. The minimum Gasteiger partial charge on any atom is -0.383 e. The number of piperidine rings is 1. The molecule has 0 unspecified atom stereocenters. The average Bonchev–Trinajstić information content (AvgIpc) is 2.74. The number of likely N-dealkylation sites (N-methyl/N-ethyl adjacent to an activating group) is 1. The molecule has 1 fully saturated rings. The fourth-order valence-corrected chi connectivity index (χ4v) is 3.95. The van der Waals surface area contributed by atoms with E-state index in [2.05, 4.69) is 60.5 Å². The van der Waals surface area contributed by atoms with Crippen molar-refractivity contribution in [3.8, 4) is 0 Å². The molecule has 2 heterocycles. The van der Waals surface area contributed by atoms with E-state index in [1.54, 1.807) is 11.0 Å². The number of nitrogens with two attached hydrogens (primary N) is 1. The Morgan fingerprint density at radius 2 is 1.94 bits per heavy atom. The third-order valence-electron chi connectivity index (χ3n) is 5.86. The van der Waals surface area contributed by atoms with E-state index in [4.69, 9.17) is 5.73 Å². The highest BCUT2D eigenvalue weighted by Gasteiger charge is 2.34. The SMILES string of the molecule is Cc1cc(NC(=O)C(=O)N2C[C@H](C)CC[C@H]2c2ccc(CCN(C)C)cc2)cnc1N. The van der Waals surface area contributed by atoms with Gasteiger partial charge < -0.3 is 20.9 Å². The van der Waals surface area contributed by atoms with Crippen LogP contribution in [0.1, 0.15) is 42.5 Å². The molecule has 7 heteroatoms. The minimum atomic E-state index is -0.646. The first kappa shape index (κ1) is 22.7. The molecular formula is C24H33N5O2. The third kappa shape index (κ3) is 5.82. The normalized spacial score (nSPS) is 18.8. The summed E-state index contributed by atoms with van der Waals surface area (Å²) < 4.78 is 0. The standard InChI is InChI=1S/C24H33N5O2/c1-16-5-10-21(19-8-6-18(7-9-19)11-12-28(3)4)29(15-16)24(31)23(30)27-20-13-17(2)22(25)26-14-20/h6-9,13-14,16,21H,5,10-12,15H2,1-4H3,(H2,25,26)(H,27,30)/t16-,21+/m1/s1. The smallest absolute Gasteiger partial charge is 0.313 e. The Balaban J connectivity index is 1.74. The summed E-state index contributed by atoms with van der Waals surface area (Å²) >= 11 is 0. The number of nitrogen functional groups attached to an aromatic ring is 1. The molecule has 3 rings (SSSR count). The first-order valence-corrected chi connectivity index (χ1v) is 10.8. The molecule has 3 N–H and O–H groups in total. The van der Waals surface area contributed by atoms with E-state index in [1.807, 2.05) is 6.92 Å². The van der Waals surface area contributed by atoms with Crippen molar-refractivity contribution in [2.24, 2.45) is 5.92 Å². The van der Waals surface area contributed by atoms with Gasteiger partial charge in [-0.3, -0.25) is 9.59 Å². The van der Waals surface area contributed by atoms with Crippen LogP contribution in [0.15, 0.2) is 36.5 Å². The predicted molar refractivity (Wildman–Crippen MR) is 124 cm³/mol. The van der Waals surface area contributed by atoms with Crippen LogP contribution in [0.4, 0.5) is 11.5 Å². The lowest BCUT2D eigenvalue weighted by Gasteiger charge is -2.38. The number of amides is 2. The largest absolute Gasteiger partial charge is 0.383 e. The maximum Gasteiger partial charge on any atom is 0.313 e. The van der Waals surface area contributed by atoms with Gasteiger partial charge in [-0.05, 0) is 69.0 Å². The summed E-state index contributed by atoms with van der Waals surface area (Å²) in [6.45, 7) is 5.49. The molecule has 31 heavy (non-hydrogen) atoms. The molecular weight excluding hydrogens is 390 g/mol. The second-order valence-electron chi connectivity index (χ2n) is 8.83. The fraction of sp³-hybridized carbons (Fsp3) is 0.458. The highest BCUT2D eigenvalue weighted by atomic mass is 16.2. The van der Waals surface area contributed by atoms with Crippen LogP contribution >= 0.6 is 0 Å². The summed E-state index contributed by atoms with van der Waals surface area (Å²) in [6.07, 6.45) is 4.32. The molecule has 2 atom stereocenters. The maximum atomic E-state index is 13.1. The molecule has 1 aromatic heterocycles. The predicted octanol–water partition coefficient (Wildman–Crippen LogP) is 3.01. The molecule has 1 aliphatic rings. The van der Waals surface area contributed by atoms with Crippen molar-refractivity contribution in [1.29, 1.82) is 0 Å². The van der Waals surface area contributed by atoms with Gasteiger partial charge in [0.25, 0.3) is 0 Å². The van der Waals surface area contributed by atoms with E-state index in [0.717, 1.165) is 36.9 Å². The number of nitrogens with one attached hydrogen (secondary N) is 1. The first-order valence-electron chi connectivity index (χ1n) is 10.8. The van der Waals surface area contributed by atoms with Crippen LogP contribution in [0.2, 0.25) is 0 Å². The number of carbonyl (C=O) groups excluding carboxylic acids is 2. The molecule has 1 saturated heterocycles. The number of hydrogen-bond donors (Lipinski definition) is 2. The molecule has 0 aliphatic carbocycles. The van der Waals surface area contributed by atoms with Gasteiger partial charge in [-0.2, -0.15) is 0 Å². The van der Waals surface area contributed by atoms with Gasteiger partial charge in [0.15, 0.2) is 0 Å². The second kappa shape index (κ2) is 9.92. The molecule has 2 amide bonds. The van der Waals surface area contributed by atoms with Gasteiger partial charge in [0, 0.05) is 13.1 Å². The number of anilines is 2. The zero-order valence-corrected chi connectivity index (χ0v) is 18.9. The first-order chi connectivity index (χ1) is 14.7. The molecule has 1 aliphatic heterocycles. The maximum absolute atomic E-state index is 13.1. The molecule has 0 radical (unpaired) electrons. The summed E-state index contributed by atoms with van der Waals surface area (Å²) in [7, 11) is 4.13. The van der Waals surface area contributed by atoms with Crippen molar-refractivity contribution < 1.29 is 9.59 Å². The van der Waals surface area contributed by atoms with Crippen LogP contribution in [0.3, 0.4) is 0 Å². The Morgan fingerprint density at radius 3 is 2.58 bits per heavy atom. The zero-order chi connectivity index (χ0) is 22.5. The lowest BCUT2D eigenvalue weighted by Crippen LogP contribution is -2.46. The van der Waals surface area contributed by atoms with Gasteiger partial charge in [0.2, 0.25) is 0 Å². The van der Waals surface area contributed by atoms with E-state index in [1.165, 1.54) is 11.8 Å². The van der Waals surface area contributed by atoms with Crippen molar-refractivity contribution in [1.82, 2.24) is 14.8 Å². The van der Waals surface area contributed by atoms with Gasteiger partial charge in [-0.15, -0.1) is 0 Å². The van der Waals surface area contributed by atoms with Crippen LogP contribution in [0.25, 0.3) is 0 Å². The van der Waals surface area contributed by atoms with Crippen molar-refractivity contribution >= 4 is 23.3 Å². The van der Waals surface area contributed by atoms with Crippen molar-refractivity contribution in [3.63, 3.8) is 0 Å². The number of rotatable bonds is 5. The molecule has 2 aromatic rings. The number of pyridine rings is 1. The lowest BCUT2D eigenvalue weighted by molar-refractivity contribution is -0.146. The molecule has 0 saturated carbocycles. The summed E-state index contributed by atoms with van der Waals surface area (Å²) in [6, 6.07) is 10.1. The van der Waals surface area contributed by atoms with E-state index in [-0.39, 0.29) is 6.04 Å². The van der Waals surface area contributed by atoms with Gasteiger partial charge in [0.1, 0.15) is 5.82 Å². The number of carbonyl (C=O) groups is 2. The van der Waals surface area contributed by atoms with Crippen LogP contribution in [0.5, 0.6) is 0 Å². The molecule has 166 valence electrons. The van der Waals surface area contributed by atoms with Crippen LogP contribution in [-0.4, -0.2) is 53.8 Å². The molecule has 1 aromatic carbocycles. The topological polar surface area (TPSA) is 91.6 Å². The number of aryl methyl sites for hydroxylation is 1. The van der Waals surface area contributed by atoms with Crippen LogP contribution in [-0.2, 0) is 16.0 Å². The van der Waals surface area contributed by atoms with Crippen molar-refractivity contribution in [3.05, 3.63) is 53.2 Å². The fourth-order valence-electron chi connectivity index (χ4n) is 3.95. The lowest BCUT2D eigenvalue weighted by atomic mass is 9.89. The van der Waals surface area contributed by atoms with E-state index < -0.39 is 11.8 Å². The van der Waals surface area contributed by atoms with Gasteiger partial charge in [-0.1, -0.05) is 31.2 Å². The Hall–Kier alpha value is -2.93. The average molecular weight is 424 g/mol. The Morgan fingerprint density at radius 1 is 1.23 bits per heavy atom. The number of benzene rings is 1. The highest BCUT2D eigenvalue weighted by Crippen LogP contribution is 2.33. The number of nitrogens with zero attached hydrogens (tertiary/aromatic N) is 3. The zero-order valence-electron chi connectivity index (χ0n) is 18.9. The Kier molecular flexibility index (Phi) is 7.28. The summed E-state index contributed by atoms with van der Waals surface area (Å²) in [5.74, 6) is -0.397. The Bertz CT molecular complexity index is 926. The van der Waals surface area contributed by atoms with Crippen LogP contribution in [0, 0.1) is 12.8 Å². The quantitative estimate of drug-likeness (QED) is 0.722. The second-order valence-corrected chi connectivity index (χ2v) is 8.83. The number of likely N-dealkylation sites (tertiary alicyclic amines) is 1. The number of hydrogen-bond acceptors (Lipinski definition) is 5. The van der Waals surface area contributed by atoms with Crippen molar-refractivity contribution in [2.75, 3.05) is 38.2 Å². The summed E-state index contributed by atoms with van der Waals surface area (Å²) in [5, 5.41) is 2.68. The molecule has 0 bridgehead atoms. The van der Waals surface area contributed by atoms with Gasteiger partial charge in [0.05, 0.1) is 17.9 Å². The van der Waals surface area contributed by atoms with Crippen molar-refractivity contribution in [2.45, 2.75) is 39.2 Å². The molecule has 0 spiro atoms. The summed E-state index contributed by atoms with van der Waals surface area (Å²) in [5.41, 5.74) is 9.30. The third-order valence-corrected chi connectivity index (χ3v) is 5.86. The van der Waals surface area contributed by atoms with Crippen LogP contribution < -0.4 is 11.1 Å². The van der Waals surface area contributed by atoms with E-state index in [9.17, 15) is 9.59 Å². The van der Waals surface area contributed by atoms with Gasteiger partial charge in [-0.25, -0.2) is 4.98 Å². The summed E-state index contributed by atoms with van der Waals surface area (Å²) in [4.78, 5) is 33.7. The van der Waals surface area contributed by atoms with Gasteiger partial charge >= 0.3 is 11.8 Å². The number of aromatic nitrogens is 1. The highest BCUT2D eigenvalue weighted by molar-refractivity contribution is 6.39. The van der Waals surface area contributed by atoms with E-state index >= 15 is 0 Å². The molecule has 7 nitrogen and oxygen atoms in total.